The quantitative estimate of drug-likeness (QED) is 0.463. The van der Waals surface area contributed by atoms with Crippen LogP contribution in [0.15, 0.2) is 42.7 Å². The van der Waals surface area contributed by atoms with Crippen molar-refractivity contribution >= 4 is 5.82 Å². The molecule has 1 aromatic carbocycles. The minimum Gasteiger partial charge on any atom is -0.497 e. The number of hydrogen-bond acceptors (Lipinski definition) is 5. The van der Waals surface area contributed by atoms with Gasteiger partial charge in [0, 0.05) is 12.1 Å². The molecule has 2 aromatic heterocycles. The number of aromatic nitrogens is 4. The summed E-state index contributed by atoms with van der Waals surface area (Å²) in [6.07, 6.45) is -6.46. The molecule has 1 aliphatic carbocycles. The van der Waals surface area contributed by atoms with Gasteiger partial charge in [-0.3, -0.25) is 4.57 Å². The van der Waals surface area contributed by atoms with E-state index in [1.165, 1.54) is 13.4 Å². The second-order valence-corrected chi connectivity index (χ2v) is 8.43. The molecule has 0 spiro atoms. The zero-order chi connectivity index (χ0) is 24.3. The van der Waals surface area contributed by atoms with Gasteiger partial charge in [-0.25, -0.2) is 4.98 Å². The molecular weight excluding hydrogens is 464 g/mol. The Kier molecular flexibility index (Phi) is 5.21. The number of piperidine rings is 1. The average molecular weight is 483 g/mol. The number of methoxy groups -OCH3 is 1. The van der Waals surface area contributed by atoms with Gasteiger partial charge in [0.1, 0.15) is 23.6 Å². The van der Waals surface area contributed by atoms with E-state index in [9.17, 15) is 26.3 Å². The van der Waals surface area contributed by atoms with Crippen molar-refractivity contribution in [1.29, 1.82) is 0 Å². The smallest absolute Gasteiger partial charge is 0.433 e. The topological polar surface area (TPSA) is 56.1 Å². The lowest BCUT2D eigenvalue weighted by molar-refractivity contribution is -0.145. The van der Waals surface area contributed by atoms with Crippen LogP contribution in [0.25, 0.3) is 5.69 Å². The number of nitrogens with zero attached hydrogens (tertiary/aromatic N) is 5. The number of ether oxygens (including phenoxy) is 1. The van der Waals surface area contributed by atoms with Crippen molar-refractivity contribution in [2.24, 2.45) is 5.92 Å². The maximum Gasteiger partial charge on any atom is 0.433 e. The number of alkyl halides is 6. The number of anilines is 1. The number of benzene rings is 1. The lowest BCUT2D eigenvalue weighted by Crippen LogP contribution is -2.37. The molecule has 0 amide bonds. The molecule has 2 fully saturated rings. The SMILES string of the molecule is COc1cccc(-n2cnnc2[C@@H]2[C@H]3CC[C@H](C3)N2c2cc(C(F)(F)F)cc(C(F)(F)F)n2)c1. The minimum absolute atomic E-state index is 0.00997. The highest BCUT2D eigenvalue weighted by Gasteiger charge is 2.50. The van der Waals surface area contributed by atoms with Gasteiger partial charge in [0.25, 0.3) is 0 Å². The van der Waals surface area contributed by atoms with Gasteiger partial charge in [-0.2, -0.15) is 26.3 Å². The first-order chi connectivity index (χ1) is 16.1. The van der Waals surface area contributed by atoms with Gasteiger partial charge in [0.15, 0.2) is 5.82 Å². The third kappa shape index (κ3) is 3.84. The van der Waals surface area contributed by atoms with E-state index in [0.717, 1.165) is 6.42 Å². The lowest BCUT2D eigenvalue weighted by Gasteiger charge is -2.36. The van der Waals surface area contributed by atoms with Crippen molar-refractivity contribution in [3.8, 4) is 11.4 Å². The number of halogens is 6. The zero-order valence-electron chi connectivity index (χ0n) is 17.8. The fourth-order valence-electron chi connectivity index (χ4n) is 5.01. The minimum atomic E-state index is -5.02. The van der Waals surface area contributed by atoms with Crippen LogP contribution in [0.5, 0.6) is 5.75 Å². The molecule has 180 valence electrons. The number of pyridine rings is 1. The van der Waals surface area contributed by atoms with Gasteiger partial charge < -0.3 is 9.64 Å². The molecule has 12 heteroatoms. The summed E-state index contributed by atoms with van der Waals surface area (Å²) in [5.41, 5.74) is -2.30. The Labute approximate surface area is 190 Å². The first-order valence-electron chi connectivity index (χ1n) is 10.6. The number of hydrogen-bond donors (Lipinski definition) is 0. The highest BCUT2D eigenvalue weighted by Crippen LogP contribution is 2.52. The molecule has 0 N–H and O–H groups in total. The summed E-state index contributed by atoms with van der Waals surface area (Å²) in [7, 11) is 1.52. The van der Waals surface area contributed by atoms with E-state index in [1.54, 1.807) is 33.7 Å². The highest BCUT2D eigenvalue weighted by molar-refractivity contribution is 5.50. The maximum absolute atomic E-state index is 13.5. The predicted octanol–water partition coefficient (Wildman–Crippen LogP) is 5.44. The number of rotatable bonds is 4. The van der Waals surface area contributed by atoms with Crippen LogP contribution >= 0.6 is 0 Å². The lowest BCUT2D eigenvalue weighted by atomic mass is 9.97. The van der Waals surface area contributed by atoms with Gasteiger partial charge in [0.2, 0.25) is 0 Å². The summed E-state index contributed by atoms with van der Waals surface area (Å²) >= 11 is 0. The van der Waals surface area contributed by atoms with E-state index in [2.05, 4.69) is 15.2 Å². The van der Waals surface area contributed by atoms with Crippen molar-refractivity contribution < 1.29 is 31.1 Å². The summed E-state index contributed by atoms with van der Waals surface area (Å²) in [6, 6.07) is 6.96. The van der Waals surface area contributed by atoms with Crippen molar-refractivity contribution in [2.75, 3.05) is 12.0 Å². The van der Waals surface area contributed by atoms with Crippen LogP contribution in [0.4, 0.5) is 32.2 Å². The molecule has 5 rings (SSSR count). The standard InChI is InChI=1S/C22H19F6N5O/c1-34-16-4-2-3-14(10-16)32-11-29-31-20(32)19-12-5-6-15(7-12)33(19)18-9-13(21(23,24)25)8-17(30-18)22(26,27)28/h2-4,8-12,15,19H,5-7H2,1H3/t12-,15+,19-/m0/s1. The summed E-state index contributed by atoms with van der Waals surface area (Å²) < 4.78 is 87.8. The normalized spacial score (nSPS) is 22.4. The van der Waals surface area contributed by atoms with Crippen LogP contribution in [0.2, 0.25) is 0 Å². The second-order valence-electron chi connectivity index (χ2n) is 8.43. The van der Waals surface area contributed by atoms with Crippen LogP contribution in [0.3, 0.4) is 0 Å². The monoisotopic (exact) mass is 483 g/mol. The van der Waals surface area contributed by atoms with Crippen LogP contribution in [-0.4, -0.2) is 32.9 Å². The Balaban J connectivity index is 1.63. The van der Waals surface area contributed by atoms with Crippen LogP contribution in [0.1, 0.15) is 42.4 Å². The van der Waals surface area contributed by atoms with Crippen LogP contribution in [0, 0.1) is 5.92 Å². The predicted molar refractivity (Wildman–Crippen MR) is 109 cm³/mol. The molecule has 3 heterocycles. The van der Waals surface area contributed by atoms with Gasteiger partial charge >= 0.3 is 12.4 Å². The molecule has 3 atom stereocenters. The third-order valence-electron chi connectivity index (χ3n) is 6.45. The molecule has 0 radical (unpaired) electrons. The summed E-state index contributed by atoms with van der Waals surface area (Å²) in [6.45, 7) is 0. The molecule has 1 saturated heterocycles. The third-order valence-corrected chi connectivity index (χ3v) is 6.45. The molecule has 3 aromatic rings. The van der Waals surface area contributed by atoms with E-state index in [4.69, 9.17) is 4.74 Å². The molecule has 2 bridgehead atoms. The van der Waals surface area contributed by atoms with Gasteiger partial charge in [0.05, 0.1) is 24.4 Å². The zero-order valence-corrected chi connectivity index (χ0v) is 17.8. The fourth-order valence-corrected chi connectivity index (χ4v) is 5.01. The summed E-state index contributed by atoms with van der Waals surface area (Å²) in [5, 5.41) is 8.21. The van der Waals surface area contributed by atoms with E-state index in [1.807, 2.05) is 0 Å². The summed E-state index contributed by atoms with van der Waals surface area (Å²) in [5.74, 6) is 0.633. The van der Waals surface area contributed by atoms with Gasteiger partial charge in [-0.05, 0) is 49.4 Å². The van der Waals surface area contributed by atoms with Crippen molar-refractivity contribution in [3.63, 3.8) is 0 Å². The molecule has 1 aliphatic heterocycles. The summed E-state index contributed by atoms with van der Waals surface area (Å²) in [4.78, 5) is 5.19. The molecule has 6 nitrogen and oxygen atoms in total. The Morgan fingerprint density at radius 3 is 2.50 bits per heavy atom. The van der Waals surface area contributed by atoms with Gasteiger partial charge in [-0.1, -0.05) is 6.07 Å². The Hall–Kier alpha value is -3.31. The maximum atomic E-state index is 13.5. The van der Waals surface area contributed by atoms with Crippen LogP contribution in [-0.2, 0) is 12.4 Å². The van der Waals surface area contributed by atoms with Crippen molar-refractivity contribution in [1.82, 2.24) is 19.7 Å². The molecule has 1 saturated carbocycles. The Morgan fingerprint density at radius 1 is 1.00 bits per heavy atom. The molecule has 34 heavy (non-hydrogen) atoms. The molecule has 2 aliphatic rings. The van der Waals surface area contributed by atoms with E-state index in [0.29, 0.717) is 36.2 Å². The highest BCUT2D eigenvalue weighted by atomic mass is 19.4. The average Bonchev–Trinajstić information content (AvgIpc) is 3.53. The van der Waals surface area contributed by atoms with E-state index in [-0.39, 0.29) is 23.8 Å². The first kappa shape index (κ1) is 22.5. The Bertz CT molecular complexity index is 1170. The second kappa shape index (κ2) is 7.88. The fraction of sp³-hybridized carbons (Fsp3) is 0.409. The molecular formula is C22H19F6N5O. The van der Waals surface area contributed by atoms with E-state index < -0.39 is 29.7 Å². The van der Waals surface area contributed by atoms with Crippen molar-refractivity contribution in [2.45, 2.75) is 43.7 Å². The largest absolute Gasteiger partial charge is 0.497 e. The first-order valence-corrected chi connectivity index (χ1v) is 10.6. The van der Waals surface area contributed by atoms with Crippen LogP contribution < -0.4 is 9.64 Å². The Morgan fingerprint density at radius 2 is 1.79 bits per heavy atom. The molecule has 0 unspecified atom stereocenters. The number of fused-ring (bicyclic) bond motifs is 2. The van der Waals surface area contributed by atoms with E-state index >= 15 is 0 Å². The van der Waals surface area contributed by atoms with Crippen molar-refractivity contribution in [3.05, 3.63) is 59.8 Å². The van der Waals surface area contributed by atoms with Gasteiger partial charge in [-0.15, -0.1) is 10.2 Å².